The lowest BCUT2D eigenvalue weighted by atomic mass is 10.1. The van der Waals surface area contributed by atoms with Gasteiger partial charge in [0.05, 0.1) is 19.5 Å². The molecule has 1 aromatic rings. The van der Waals surface area contributed by atoms with E-state index in [1.807, 2.05) is 11.9 Å². The minimum Gasteiger partial charge on any atom is -0.464 e. The molecule has 1 rings (SSSR count). The molecule has 5 heteroatoms. The molecule has 0 aromatic carbocycles. The van der Waals surface area contributed by atoms with Crippen LogP contribution in [0.15, 0.2) is 12.4 Å². The molecule has 0 radical (unpaired) electrons. The molecule has 1 aromatic heterocycles. The second kappa shape index (κ2) is 5.61. The van der Waals surface area contributed by atoms with Gasteiger partial charge in [-0.15, -0.1) is 0 Å². The zero-order valence-corrected chi connectivity index (χ0v) is 11.0. The van der Waals surface area contributed by atoms with Crippen molar-refractivity contribution in [1.29, 1.82) is 0 Å². The van der Waals surface area contributed by atoms with E-state index in [-0.39, 0.29) is 5.69 Å². The minimum atomic E-state index is -0.469. The molecule has 5 nitrogen and oxygen atoms in total. The Labute approximate surface area is 102 Å². The number of carbonyl (C=O) groups excluding carboxylic acids is 1. The van der Waals surface area contributed by atoms with Gasteiger partial charge in [-0.1, -0.05) is 13.8 Å². The summed E-state index contributed by atoms with van der Waals surface area (Å²) in [5, 5.41) is 0. The number of hydrogen-bond donors (Lipinski definition) is 0. The summed E-state index contributed by atoms with van der Waals surface area (Å²) in [6, 6.07) is 0.355. The number of hydrogen-bond acceptors (Lipinski definition) is 5. The van der Waals surface area contributed by atoms with E-state index in [2.05, 4.69) is 35.5 Å². The van der Waals surface area contributed by atoms with Crippen molar-refractivity contribution in [1.82, 2.24) is 9.97 Å². The van der Waals surface area contributed by atoms with Crippen molar-refractivity contribution < 1.29 is 9.53 Å². The molecule has 1 atom stereocenters. The molecule has 0 aliphatic heterocycles. The Kier molecular flexibility index (Phi) is 4.43. The predicted molar refractivity (Wildman–Crippen MR) is 66.1 cm³/mol. The van der Waals surface area contributed by atoms with Crippen molar-refractivity contribution >= 4 is 11.8 Å². The molecular formula is C12H19N3O2. The highest BCUT2D eigenvalue weighted by atomic mass is 16.5. The molecule has 0 saturated carbocycles. The molecule has 0 aliphatic rings. The Balaban J connectivity index is 2.84. The van der Waals surface area contributed by atoms with Gasteiger partial charge in [0.1, 0.15) is 5.82 Å². The summed E-state index contributed by atoms with van der Waals surface area (Å²) in [6.45, 7) is 6.43. The van der Waals surface area contributed by atoms with Crippen LogP contribution in [0.1, 0.15) is 31.3 Å². The second-order valence-electron chi connectivity index (χ2n) is 4.35. The van der Waals surface area contributed by atoms with Gasteiger partial charge in [0.25, 0.3) is 0 Å². The van der Waals surface area contributed by atoms with E-state index in [4.69, 9.17) is 0 Å². The molecule has 0 spiro atoms. The Bertz CT molecular complexity index is 376. The third-order valence-electron chi connectivity index (χ3n) is 2.97. The summed E-state index contributed by atoms with van der Waals surface area (Å²) in [5.41, 5.74) is 0.224. The van der Waals surface area contributed by atoms with Gasteiger partial charge in [0.15, 0.2) is 5.69 Å². The second-order valence-corrected chi connectivity index (χ2v) is 4.35. The topological polar surface area (TPSA) is 55.3 Å². The van der Waals surface area contributed by atoms with Crippen LogP contribution in [0.5, 0.6) is 0 Å². The fraction of sp³-hybridized carbons (Fsp3) is 0.583. The largest absolute Gasteiger partial charge is 0.464 e. The molecule has 0 aliphatic carbocycles. The molecule has 94 valence electrons. The summed E-state index contributed by atoms with van der Waals surface area (Å²) in [4.78, 5) is 21.5. The number of esters is 1. The van der Waals surface area contributed by atoms with Crippen LogP contribution in [-0.2, 0) is 4.74 Å². The van der Waals surface area contributed by atoms with E-state index in [0.29, 0.717) is 12.0 Å². The quantitative estimate of drug-likeness (QED) is 0.747. The van der Waals surface area contributed by atoms with E-state index < -0.39 is 5.97 Å². The number of carbonyl (C=O) groups is 1. The Hall–Kier alpha value is -1.65. The molecule has 1 unspecified atom stereocenters. The maximum absolute atomic E-state index is 11.2. The van der Waals surface area contributed by atoms with Gasteiger partial charge in [-0.05, 0) is 12.8 Å². The van der Waals surface area contributed by atoms with Gasteiger partial charge in [-0.3, -0.25) is 0 Å². The van der Waals surface area contributed by atoms with Crippen molar-refractivity contribution in [2.45, 2.75) is 26.8 Å². The van der Waals surface area contributed by atoms with Crippen LogP contribution in [0.2, 0.25) is 0 Å². The third kappa shape index (κ3) is 3.15. The Morgan fingerprint density at radius 3 is 2.35 bits per heavy atom. The lowest BCUT2D eigenvalue weighted by Gasteiger charge is -2.28. The highest BCUT2D eigenvalue weighted by Gasteiger charge is 2.16. The minimum absolute atomic E-state index is 0.224. The first-order valence-electron chi connectivity index (χ1n) is 5.60. The number of nitrogens with zero attached hydrogens (tertiary/aromatic N) is 3. The zero-order chi connectivity index (χ0) is 13.0. The highest BCUT2D eigenvalue weighted by molar-refractivity contribution is 5.86. The summed E-state index contributed by atoms with van der Waals surface area (Å²) in [7, 11) is 3.29. The molecule has 0 bridgehead atoms. The molecular weight excluding hydrogens is 218 g/mol. The van der Waals surface area contributed by atoms with Crippen LogP contribution in [0.25, 0.3) is 0 Å². The summed E-state index contributed by atoms with van der Waals surface area (Å²) < 4.78 is 4.57. The van der Waals surface area contributed by atoms with E-state index in [1.54, 1.807) is 6.20 Å². The van der Waals surface area contributed by atoms with E-state index >= 15 is 0 Å². The van der Waals surface area contributed by atoms with Crippen LogP contribution in [-0.4, -0.2) is 36.1 Å². The Morgan fingerprint density at radius 1 is 1.29 bits per heavy atom. The maximum Gasteiger partial charge on any atom is 0.358 e. The van der Waals surface area contributed by atoms with Crippen molar-refractivity contribution in [3.05, 3.63) is 18.1 Å². The van der Waals surface area contributed by atoms with Crippen molar-refractivity contribution in [3.63, 3.8) is 0 Å². The molecule has 0 fully saturated rings. The van der Waals surface area contributed by atoms with Crippen molar-refractivity contribution in [3.8, 4) is 0 Å². The number of rotatable bonds is 4. The van der Waals surface area contributed by atoms with E-state index in [9.17, 15) is 4.79 Å². The first-order chi connectivity index (χ1) is 7.97. The van der Waals surface area contributed by atoms with Crippen LogP contribution in [0.3, 0.4) is 0 Å². The predicted octanol–water partition coefficient (Wildman–Crippen LogP) is 1.74. The fourth-order valence-corrected chi connectivity index (χ4v) is 1.37. The lowest BCUT2D eigenvalue weighted by Crippen LogP contribution is -2.33. The first kappa shape index (κ1) is 13.4. The Morgan fingerprint density at radius 2 is 1.94 bits per heavy atom. The van der Waals surface area contributed by atoms with Gasteiger partial charge >= 0.3 is 5.97 Å². The van der Waals surface area contributed by atoms with Crippen molar-refractivity contribution in [2.75, 3.05) is 19.1 Å². The average Bonchev–Trinajstić information content (AvgIpc) is 2.36. The van der Waals surface area contributed by atoms with Gasteiger partial charge in [0, 0.05) is 13.1 Å². The van der Waals surface area contributed by atoms with Crippen LogP contribution in [0.4, 0.5) is 5.82 Å². The summed E-state index contributed by atoms with van der Waals surface area (Å²) in [6.07, 6.45) is 3.02. The number of anilines is 1. The van der Waals surface area contributed by atoms with Crippen molar-refractivity contribution in [2.24, 2.45) is 5.92 Å². The average molecular weight is 237 g/mol. The van der Waals surface area contributed by atoms with Crippen LogP contribution < -0.4 is 4.90 Å². The van der Waals surface area contributed by atoms with Crippen LogP contribution in [0, 0.1) is 5.92 Å². The monoisotopic (exact) mass is 237 g/mol. The zero-order valence-electron chi connectivity index (χ0n) is 11.0. The lowest BCUT2D eigenvalue weighted by molar-refractivity contribution is 0.0593. The summed E-state index contributed by atoms with van der Waals surface area (Å²) in [5.74, 6) is 0.796. The molecule has 0 N–H and O–H groups in total. The first-order valence-corrected chi connectivity index (χ1v) is 5.60. The van der Waals surface area contributed by atoms with E-state index in [1.165, 1.54) is 13.3 Å². The summed E-state index contributed by atoms with van der Waals surface area (Å²) >= 11 is 0. The van der Waals surface area contributed by atoms with Gasteiger partial charge in [0.2, 0.25) is 0 Å². The standard InChI is InChI=1S/C12H19N3O2/c1-8(2)9(3)15(4)11-7-13-10(6-14-11)12(16)17-5/h6-9H,1-5H3. The number of methoxy groups -OCH3 is 1. The van der Waals surface area contributed by atoms with Gasteiger partial charge < -0.3 is 9.64 Å². The van der Waals surface area contributed by atoms with E-state index in [0.717, 1.165) is 5.82 Å². The SMILES string of the molecule is COC(=O)c1cnc(N(C)C(C)C(C)C)cn1. The fourth-order valence-electron chi connectivity index (χ4n) is 1.37. The van der Waals surface area contributed by atoms with Gasteiger partial charge in [-0.25, -0.2) is 14.8 Å². The van der Waals surface area contributed by atoms with Crippen LogP contribution >= 0.6 is 0 Å². The normalized spacial score (nSPS) is 12.4. The smallest absolute Gasteiger partial charge is 0.358 e. The molecule has 1 heterocycles. The molecule has 0 saturated heterocycles. The van der Waals surface area contributed by atoms with Gasteiger partial charge in [-0.2, -0.15) is 0 Å². The molecule has 17 heavy (non-hydrogen) atoms. The number of aromatic nitrogens is 2. The third-order valence-corrected chi connectivity index (χ3v) is 2.97. The highest BCUT2D eigenvalue weighted by Crippen LogP contribution is 2.15. The maximum atomic E-state index is 11.2. The molecule has 0 amide bonds. The number of ether oxygens (including phenoxy) is 1.